The van der Waals surface area contributed by atoms with Crippen LogP contribution in [0.2, 0.25) is 0 Å². The number of morpholine rings is 1. The molecule has 2 heterocycles. The molecule has 208 valence electrons. The van der Waals surface area contributed by atoms with Crippen LogP contribution < -0.4 is 9.46 Å². The van der Waals surface area contributed by atoms with E-state index in [9.17, 15) is 27.7 Å². The SMILES string of the molecule is CCC(C)NS(=O)(=O)c1cc([N+](=O)[O-])ccc1Oc1c(C)c(C(=O)N2CCOCC2)nn1-c1ccc(F)cc1. The number of amides is 1. The van der Waals surface area contributed by atoms with E-state index in [0.29, 0.717) is 44.0 Å². The number of nitro benzene ring substituents is 1. The molecular weight excluding hydrogens is 533 g/mol. The van der Waals surface area contributed by atoms with Gasteiger partial charge in [0.2, 0.25) is 15.9 Å². The van der Waals surface area contributed by atoms with Crippen LogP contribution in [0.1, 0.15) is 36.3 Å². The lowest BCUT2D eigenvalue weighted by molar-refractivity contribution is -0.385. The van der Waals surface area contributed by atoms with Crippen molar-refractivity contribution in [3.63, 3.8) is 0 Å². The van der Waals surface area contributed by atoms with Crippen LogP contribution in [0.5, 0.6) is 11.6 Å². The maximum Gasteiger partial charge on any atom is 0.274 e. The standard InChI is InChI=1S/C25H28FN5O7S/c1-4-16(2)28-39(35,36)22-15-20(31(33)34)9-10-21(22)38-25-17(3)23(24(32)29-11-13-37-14-12-29)27-30(25)19-7-5-18(26)6-8-19/h5-10,15-16,28H,4,11-14H2,1-3H3. The molecule has 0 spiro atoms. The molecule has 0 saturated carbocycles. The number of aromatic nitrogens is 2. The molecule has 2 aromatic carbocycles. The molecular formula is C25H28FN5O7S. The minimum absolute atomic E-state index is 0.00735. The van der Waals surface area contributed by atoms with Crippen molar-refractivity contribution in [2.45, 2.75) is 38.1 Å². The second-order valence-electron chi connectivity index (χ2n) is 8.99. The molecule has 4 rings (SSSR count). The number of halogens is 1. The van der Waals surface area contributed by atoms with Crippen LogP contribution in [-0.4, -0.2) is 66.3 Å². The van der Waals surface area contributed by atoms with Crippen LogP contribution >= 0.6 is 0 Å². The van der Waals surface area contributed by atoms with Gasteiger partial charge in [0.05, 0.1) is 23.8 Å². The van der Waals surface area contributed by atoms with Gasteiger partial charge in [-0.25, -0.2) is 17.5 Å². The van der Waals surface area contributed by atoms with E-state index in [0.717, 1.165) is 12.1 Å². The summed E-state index contributed by atoms with van der Waals surface area (Å²) < 4.78 is 55.3. The second kappa shape index (κ2) is 11.5. The fraction of sp³-hybridized carbons (Fsp3) is 0.360. The maximum absolute atomic E-state index is 13.7. The number of sulfonamides is 1. The third-order valence-electron chi connectivity index (χ3n) is 6.24. The molecule has 1 aromatic heterocycles. The third-order valence-corrected chi connectivity index (χ3v) is 7.85. The predicted molar refractivity (Wildman–Crippen MR) is 138 cm³/mol. The van der Waals surface area contributed by atoms with E-state index in [1.165, 1.54) is 35.0 Å². The van der Waals surface area contributed by atoms with Gasteiger partial charge in [0.1, 0.15) is 16.5 Å². The molecule has 1 atom stereocenters. The first-order valence-electron chi connectivity index (χ1n) is 12.2. The summed E-state index contributed by atoms with van der Waals surface area (Å²) in [4.78, 5) is 25.2. The Hall–Kier alpha value is -3.88. The zero-order valence-electron chi connectivity index (χ0n) is 21.6. The molecule has 1 aliphatic rings. The Kier molecular flexibility index (Phi) is 8.28. The van der Waals surface area contributed by atoms with Crippen molar-refractivity contribution in [1.29, 1.82) is 0 Å². The van der Waals surface area contributed by atoms with Gasteiger partial charge in [-0.05, 0) is 50.6 Å². The number of hydrogen-bond donors (Lipinski definition) is 1. The lowest BCUT2D eigenvalue weighted by Crippen LogP contribution is -2.41. The maximum atomic E-state index is 13.7. The molecule has 14 heteroatoms. The van der Waals surface area contributed by atoms with Gasteiger partial charge < -0.3 is 14.4 Å². The first-order valence-corrected chi connectivity index (χ1v) is 13.7. The van der Waals surface area contributed by atoms with Gasteiger partial charge in [0.15, 0.2) is 5.69 Å². The number of benzene rings is 2. The van der Waals surface area contributed by atoms with Gasteiger partial charge in [-0.2, -0.15) is 9.78 Å². The number of nitro groups is 1. The Morgan fingerprint density at radius 2 is 1.90 bits per heavy atom. The van der Waals surface area contributed by atoms with Crippen molar-refractivity contribution >= 4 is 21.6 Å². The summed E-state index contributed by atoms with van der Waals surface area (Å²) in [5.74, 6) is -1.09. The first kappa shape index (κ1) is 28.1. The van der Waals surface area contributed by atoms with Gasteiger partial charge in [-0.1, -0.05) is 6.92 Å². The monoisotopic (exact) mass is 561 g/mol. The van der Waals surface area contributed by atoms with Crippen LogP contribution in [-0.2, 0) is 14.8 Å². The fourth-order valence-corrected chi connectivity index (χ4v) is 5.37. The van der Waals surface area contributed by atoms with E-state index < -0.39 is 37.4 Å². The highest BCUT2D eigenvalue weighted by Gasteiger charge is 2.30. The van der Waals surface area contributed by atoms with E-state index in [1.54, 1.807) is 25.7 Å². The van der Waals surface area contributed by atoms with E-state index in [1.807, 2.05) is 0 Å². The summed E-state index contributed by atoms with van der Waals surface area (Å²) in [6.45, 7) is 6.52. The zero-order chi connectivity index (χ0) is 28.3. The molecule has 12 nitrogen and oxygen atoms in total. The Bertz CT molecular complexity index is 1490. The lowest BCUT2D eigenvalue weighted by Gasteiger charge is -2.26. The van der Waals surface area contributed by atoms with Gasteiger partial charge in [0.25, 0.3) is 11.6 Å². The summed E-state index contributed by atoms with van der Waals surface area (Å²) in [6, 6.07) is 8.01. The van der Waals surface area contributed by atoms with Crippen LogP contribution in [0.25, 0.3) is 5.69 Å². The molecule has 1 saturated heterocycles. The quantitative estimate of drug-likeness (QED) is 0.308. The first-order chi connectivity index (χ1) is 18.5. The summed E-state index contributed by atoms with van der Waals surface area (Å²) in [7, 11) is -4.25. The van der Waals surface area contributed by atoms with E-state index in [2.05, 4.69) is 9.82 Å². The Labute approximate surface area is 224 Å². The van der Waals surface area contributed by atoms with Gasteiger partial charge >= 0.3 is 0 Å². The van der Waals surface area contributed by atoms with Crippen LogP contribution in [0.15, 0.2) is 47.4 Å². The topological polar surface area (TPSA) is 146 Å². The molecule has 1 N–H and O–H groups in total. The average Bonchev–Trinajstić information content (AvgIpc) is 3.24. The van der Waals surface area contributed by atoms with E-state index in [4.69, 9.17) is 9.47 Å². The average molecular weight is 562 g/mol. The summed E-state index contributed by atoms with van der Waals surface area (Å²) in [5, 5.41) is 15.9. The van der Waals surface area contributed by atoms with E-state index >= 15 is 0 Å². The smallest absolute Gasteiger partial charge is 0.274 e. The highest BCUT2D eigenvalue weighted by Crippen LogP contribution is 2.36. The molecule has 3 aromatic rings. The number of non-ortho nitro benzene ring substituents is 1. The number of rotatable bonds is 9. The number of carbonyl (C=O) groups excluding carboxylic acids is 1. The molecule has 1 unspecified atom stereocenters. The number of ether oxygens (including phenoxy) is 2. The highest BCUT2D eigenvalue weighted by molar-refractivity contribution is 7.89. The normalized spacial score (nSPS) is 14.7. The predicted octanol–water partition coefficient (Wildman–Crippen LogP) is 3.57. The minimum Gasteiger partial charge on any atom is -0.437 e. The Balaban J connectivity index is 1.85. The van der Waals surface area contributed by atoms with Crippen molar-refractivity contribution in [2.24, 2.45) is 0 Å². The zero-order valence-corrected chi connectivity index (χ0v) is 22.4. The Morgan fingerprint density at radius 3 is 2.51 bits per heavy atom. The number of carbonyl (C=O) groups is 1. The van der Waals surface area contributed by atoms with Crippen LogP contribution in [0, 0.1) is 22.9 Å². The summed E-state index contributed by atoms with van der Waals surface area (Å²) in [5.41, 5.74) is 0.256. The van der Waals surface area contributed by atoms with Gasteiger partial charge in [-0.15, -0.1) is 0 Å². The van der Waals surface area contributed by atoms with Crippen molar-refractivity contribution in [3.05, 3.63) is 69.7 Å². The van der Waals surface area contributed by atoms with Gasteiger partial charge in [0, 0.05) is 36.8 Å². The van der Waals surface area contributed by atoms with Crippen molar-refractivity contribution in [1.82, 2.24) is 19.4 Å². The third kappa shape index (κ3) is 6.08. The fourth-order valence-electron chi connectivity index (χ4n) is 3.90. The molecule has 1 fully saturated rings. The number of hydrogen-bond acceptors (Lipinski definition) is 8. The molecule has 1 amide bonds. The molecule has 0 aliphatic carbocycles. The molecule has 0 radical (unpaired) electrons. The van der Waals surface area contributed by atoms with Crippen molar-refractivity contribution in [3.8, 4) is 17.3 Å². The van der Waals surface area contributed by atoms with Crippen molar-refractivity contribution in [2.75, 3.05) is 26.3 Å². The lowest BCUT2D eigenvalue weighted by atomic mass is 10.2. The highest BCUT2D eigenvalue weighted by atomic mass is 32.2. The minimum atomic E-state index is -4.25. The van der Waals surface area contributed by atoms with E-state index in [-0.39, 0.29) is 23.2 Å². The van der Waals surface area contributed by atoms with Crippen LogP contribution in [0.3, 0.4) is 0 Å². The molecule has 0 bridgehead atoms. The van der Waals surface area contributed by atoms with Gasteiger partial charge in [-0.3, -0.25) is 14.9 Å². The summed E-state index contributed by atoms with van der Waals surface area (Å²) in [6.07, 6.45) is 0.480. The summed E-state index contributed by atoms with van der Waals surface area (Å²) >= 11 is 0. The number of nitrogens with one attached hydrogen (secondary N) is 1. The number of nitrogens with zero attached hydrogens (tertiary/aromatic N) is 4. The molecule has 39 heavy (non-hydrogen) atoms. The van der Waals surface area contributed by atoms with Crippen LogP contribution in [0.4, 0.5) is 10.1 Å². The molecule has 1 aliphatic heterocycles. The Morgan fingerprint density at radius 1 is 1.23 bits per heavy atom. The van der Waals surface area contributed by atoms with Crippen molar-refractivity contribution < 1.29 is 32.0 Å². The second-order valence-corrected chi connectivity index (χ2v) is 10.7. The largest absolute Gasteiger partial charge is 0.437 e.